The lowest BCUT2D eigenvalue weighted by atomic mass is 10.1. The Kier molecular flexibility index (Phi) is 5.75. The highest BCUT2D eigenvalue weighted by Crippen LogP contribution is 2.23. The molecular formula is C21H32N4O. The second-order valence-electron chi connectivity index (χ2n) is 8.16. The van der Waals surface area contributed by atoms with Crippen molar-refractivity contribution in [2.24, 2.45) is 5.92 Å². The van der Waals surface area contributed by atoms with Gasteiger partial charge in [0.1, 0.15) is 0 Å². The fourth-order valence-electron chi connectivity index (χ4n) is 4.82. The number of hydrogen-bond donors (Lipinski definition) is 1. The van der Waals surface area contributed by atoms with Crippen LogP contribution in [0.1, 0.15) is 25.7 Å². The number of anilines is 1. The van der Waals surface area contributed by atoms with Crippen LogP contribution in [0.5, 0.6) is 0 Å². The van der Waals surface area contributed by atoms with Crippen molar-refractivity contribution in [3.63, 3.8) is 0 Å². The molecule has 5 heteroatoms. The standard InChI is InChI=1S/C21H32N4O/c26-21(17-23-10-5-12-24-11-4-8-20(24)16-23)22-14-18-9-13-25(15-18)19-6-2-1-3-7-19/h1-3,6-7,18,20H,4-5,8-17H2,(H,22,26). The van der Waals surface area contributed by atoms with E-state index in [9.17, 15) is 4.79 Å². The van der Waals surface area contributed by atoms with Crippen LogP contribution in [0.15, 0.2) is 30.3 Å². The van der Waals surface area contributed by atoms with Gasteiger partial charge in [-0.3, -0.25) is 14.6 Å². The van der Waals surface area contributed by atoms with E-state index in [2.05, 4.69) is 50.3 Å². The summed E-state index contributed by atoms with van der Waals surface area (Å²) in [5.74, 6) is 0.767. The van der Waals surface area contributed by atoms with Gasteiger partial charge < -0.3 is 10.2 Å². The lowest BCUT2D eigenvalue weighted by molar-refractivity contribution is -0.122. The molecule has 26 heavy (non-hydrogen) atoms. The first-order valence-electron chi connectivity index (χ1n) is 10.3. The maximum absolute atomic E-state index is 12.4. The molecule has 2 atom stereocenters. The molecule has 3 aliphatic heterocycles. The van der Waals surface area contributed by atoms with E-state index in [0.29, 0.717) is 18.5 Å². The van der Waals surface area contributed by atoms with Gasteiger partial charge in [0.2, 0.25) is 5.91 Å². The van der Waals surface area contributed by atoms with Gasteiger partial charge in [-0.1, -0.05) is 18.2 Å². The van der Waals surface area contributed by atoms with Gasteiger partial charge >= 0.3 is 0 Å². The normalized spacial score (nSPS) is 27.3. The number of hydrogen-bond acceptors (Lipinski definition) is 4. The number of rotatable bonds is 5. The number of nitrogens with zero attached hydrogens (tertiary/aromatic N) is 3. The summed E-state index contributed by atoms with van der Waals surface area (Å²) in [5.41, 5.74) is 1.30. The number of benzene rings is 1. The number of nitrogens with one attached hydrogen (secondary N) is 1. The Labute approximate surface area is 157 Å². The molecule has 1 amide bonds. The molecule has 0 radical (unpaired) electrons. The molecule has 3 aliphatic rings. The number of para-hydroxylation sites is 1. The highest BCUT2D eigenvalue weighted by Gasteiger charge is 2.29. The minimum atomic E-state index is 0.203. The van der Waals surface area contributed by atoms with Gasteiger partial charge in [-0.2, -0.15) is 0 Å². The lowest BCUT2D eigenvalue weighted by Crippen LogP contribution is -2.43. The van der Waals surface area contributed by atoms with Crippen LogP contribution in [-0.2, 0) is 4.79 Å². The lowest BCUT2D eigenvalue weighted by Gasteiger charge is -2.25. The fourth-order valence-corrected chi connectivity index (χ4v) is 4.82. The molecule has 5 nitrogen and oxygen atoms in total. The zero-order valence-electron chi connectivity index (χ0n) is 15.8. The van der Waals surface area contributed by atoms with Crippen molar-refractivity contribution in [1.29, 1.82) is 0 Å². The zero-order valence-corrected chi connectivity index (χ0v) is 15.8. The maximum Gasteiger partial charge on any atom is 0.234 e. The van der Waals surface area contributed by atoms with E-state index in [1.54, 1.807) is 0 Å². The third-order valence-electron chi connectivity index (χ3n) is 6.25. The van der Waals surface area contributed by atoms with Crippen molar-refractivity contribution >= 4 is 11.6 Å². The SMILES string of the molecule is O=C(CN1CCCN2CCCC2C1)NCC1CCN(c2ccccc2)C1. The van der Waals surface area contributed by atoms with Crippen LogP contribution in [-0.4, -0.2) is 74.1 Å². The first-order valence-corrected chi connectivity index (χ1v) is 10.3. The average Bonchev–Trinajstić information content (AvgIpc) is 3.27. The Morgan fingerprint density at radius 3 is 2.73 bits per heavy atom. The summed E-state index contributed by atoms with van der Waals surface area (Å²) in [6.07, 6.45) is 4.98. The van der Waals surface area contributed by atoms with Gasteiger partial charge in [0, 0.05) is 37.9 Å². The highest BCUT2D eigenvalue weighted by molar-refractivity contribution is 5.78. The number of carbonyl (C=O) groups is 1. The topological polar surface area (TPSA) is 38.8 Å². The van der Waals surface area contributed by atoms with Gasteiger partial charge in [-0.15, -0.1) is 0 Å². The molecule has 0 saturated carbocycles. The van der Waals surface area contributed by atoms with Crippen molar-refractivity contribution in [3.05, 3.63) is 30.3 Å². The van der Waals surface area contributed by atoms with Gasteiger partial charge in [0.15, 0.2) is 0 Å². The zero-order chi connectivity index (χ0) is 17.8. The van der Waals surface area contributed by atoms with E-state index in [0.717, 1.165) is 39.1 Å². The summed E-state index contributed by atoms with van der Waals surface area (Å²) in [6.45, 7) is 8.11. The monoisotopic (exact) mass is 356 g/mol. The molecule has 1 aromatic carbocycles. The quantitative estimate of drug-likeness (QED) is 0.873. The first kappa shape index (κ1) is 17.8. The molecular weight excluding hydrogens is 324 g/mol. The number of fused-ring (bicyclic) bond motifs is 1. The Balaban J connectivity index is 1.20. The van der Waals surface area contributed by atoms with E-state index in [1.165, 1.54) is 38.0 Å². The van der Waals surface area contributed by atoms with E-state index in [-0.39, 0.29) is 5.91 Å². The minimum absolute atomic E-state index is 0.203. The van der Waals surface area contributed by atoms with Crippen LogP contribution >= 0.6 is 0 Å². The van der Waals surface area contributed by atoms with Crippen LogP contribution in [0.3, 0.4) is 0 Å². The average molecular weight is 357 g/mol. The van der Waals surface area contributed by atoms with Crippen molar-refractivity contribution in [2.45, 2.75) is 31.7 Å². The summed E-state index contributed by atoms with van der Waals surface area (Å²) in [6, 6.07) is 11.3. The molecule has 3 saturated heterocycles. The van der Waals surface area contributed by atoms with Gasteiger partial charge in [-0.25, -0.2) is 0 Å². The van der Waals surface area contributed by atoms with Gasteiger partial charge in [-0.05, 0) is 63.4 Å². The predicted octanol–water partition coefficient (Wildman–Crippen LogP) is 1.80. The Hall–Kier alpha value is -1.59. The summed E-state index contributed by atoms with van der Waals surface area (Å²) < 4.78 is 0. The first-order chi connectivity index (χ1) is 12.8. The van der Waals surface area contributed by atoms with Crippen molar-refractivity contribution in [3.8, 4) is 0 Å². The molecule has 1 aromatic rings. The molecule has 0 aromatic heterocycles. The maximum atomic E-state index is 12.4. The van der Waals surface area contributed by atoms with Crippen LogP contribution in [0, 0.1) is 5.92 Å². The third-order valence-corrected chi connectivity index (χ3v) is 6.25. The fraction of sp³-hybridized carbons (Fsp3) is 0.667. The molecule has 3 heterocycles. The predicted molar refractivity (Wildman–Crippen MR) is 105 cm³/mol. The van der Waals surface area contributed by atoms with Crippen molar-refractivity contribution < 1.29 is 4.79 Å². The molecule has 0 aliphatic carbocycles. The number of amides is 1. The minimum Gasteiger partial charge on any atom is -0.371 e. The largest absolute Gasteiger partial charge is 0.371 e. The second-order valence-corrected chi connectivity index (χ2v) is 8.16. The number of carbonyl (C=O) groups excluding carboxylic acids is 1. The third kappa shape index (κ3) is 4.38. The van der Waals surface area contributed by atoms with Crippen molar-refractivity contribution in [2.75, 3.05) is 57.3 Å². The molecule has 1 N–H and O–H groups in total. The van der Waals surface area contributed by atoms with Gasteiger partial charge in [0.25, 0.3) is 0 Å². The molecule has 4 rings (SSSR count). The summed E-state index contributed by atoms with van der Waals surface area (Å²) in [7, 11) is 0. The van der Waals surface area contributed by atoms with E-state index in [1.807, 2.05) is 0 Å². The van der Waals surface area contributed by atoms with Crippen LogP contribution in [0.4, 0.5) is 5.69 Å². The molecule has 3 fully saturated rings. The molecule has 2 unspecified atom stereocenters. The molecule has 0 spiro atoms. The van der Waals surface area contributed by atoms with E-state index < -0.39 is 0 Å². The van der Waals surface area contributed by atoms with Crippen LogP contribution in [0.2, 0.25) is 0 Å². The summed E-state index contributed by atoms with van der Waals surface area (Å²) in [5, 5.41) is 3.20. The Morgan fingerprint density at radius 1 is 1.00 bits per heavy atom. The Morgan fingerprint density at radius 2 is 1.85 bits per heavy atom. The smallest absolute Gasteiger partial charge is 0.234 e. The molecule has 0 bridgehead atoms. The van der Waals surface area contributed by atoms with Crippen LogP contribution < -0.4 is 10.2 Å². The highest BCUT2D eigenvalue weighted by atomic mass is 16.2. The second kappa shape index (κ2) is 8.40. The Bertz CT molecular complexity index is 593. The summed E-state index contributed by atoms with van der Waals surface area (Å²) in [4.78, 5) is 19.9. The van der Waals surface area contributed by atoms with E-state index in [4.69, 9.17) is 0 Å². The molecule has 142 valence electrons. The summed E-state index contributed by atoms with van der Waals surface area (Å²) >= 11 is 0. The van der Waals surface area contributed by atoms with Gasteiger partial charge in [0.05, 0.1) is 6.54 Å². The van der Waals surface area contributed by atoms with Crippen molar-refractivity contribution in [1.82, 2.24) is 15.1 Å². The van der Waals surface area contributed by atoms with E-state index >= 15 is 0 Å². The van der Waals surface area contributed by atoms with Crippen LogP contribution in [0.25, 0.3) is 0 Å².